The van der Waals surface area contributed by atoms with Crippen molar-refractivity contribution >= 4 is 11.6 Å². The quantitative estimate of drug-likeness (QED) is 0.829. The molecule has 1 N–H and O–H groups in total. The molecule has 84 valence electrons. The molecule has 0 heterocycles. The summed E-state index contributed by atoms with van der Waals surface area (Å²) in [4.78, 5) is 0. The van der Waals surface area contributed by atoms with Crippen LogP contribution in [0, 0.1) is 11.7 Å². The van der Waals surface area contributed by atoms with Gasteiger partial charge in [0.05, 0.1) is 5.02 Å². The lowest BCUT2D eigenvalue weighted by molar-refractivity contribution is 0.420. The van der Waals surface area contributed by atoms with E-state index < -0.39 is 0 Å². The predicted molar refractivity (Wildman–Crippen MR) is 62.7 cm³/mol. The lowest BCUT2D eigenvalue weighted by Crippen LogP contribution is -2.25. The molecule has 1 aromatic carbocycles. The number of hydrogen-bond donors (Lipinski definition) is 1. The maximum Gasteiger partial charge on any atom is 0.142 e. The Morgan fingerprint density at radius 1 is 1.40 bits per heavy atom. The highest BCUT2D eigenvalue weighted by atomic mass is 35.5. The fourth-order valence-corrected chi connectivity index (χ4v) is 1.78. The molecule has 0 fully saturated rings. The fourth-order valence-electron chi connectivity index (χ4n) is 1.66. The van der Waals surface area contributed by atoms with E-state index in [9.17, 15) is 4.39 Å². The van der Waals surface area contributed by atoms with Gasteiger partial charge >= 0.3 is 0 Å². The van der Waals surface area contributed by atoms with Crippen LogP contribution in [0.15, 0.2) is 18.2 Å². The molecular formula is C12H17ClFN. The molecule has 0 saturated heterocycles. The van der Waals surface area contributed by atoms with Gasteiger partial charge in [0.1, 0.15) is 5.82 Å². The monoisotopic (exact) mass is 229 g/mol. The molecule has 0 aliphatic rings. The zero-order valence-corrected chi connectivity index (χ0v) is 10.1. The van der Waals surface area contributed by atoms with Gasteiger partial charge in [-0.1, -0.05) is 38.4 Å². The highest BCUT2D eigenvalue weighted by Gasteiger charge is 2.15. The Morgan fingerprint density at radius 2 is 2.07 bits per heavy atom. The Kier molecular flexibility index (Phi) is 4.55. The molecular weight excluding hydrogens is 213 g/mol. The SMILES string of the molecule is CCNC(c1ccc(Cl)c(F)c1)C(C)C. The smallest absolute Gasteiger partial charge is 0.142 e. The number of benzene rings is 1. The third-order valence-corrected chi connectivity index (χ3v) is 2.70. The van der Waals surface area contributed by atoms with E-state index in [-0.39, 0.29) is 16.9 Å². The second-order valence-corrected chi connectivity index (χ2v) is 4.36. The van der Waals surface area contributed by atoms with Gasteiger partial charge in [0.15, 0.2) is 0 Å². The minimum absolute atomic E-state index is 0.178. The van der Waals surface area contributed by atoms with E-state index in [1.54, 1.807) is 6.07 Å². The average molecular weight is 230 g/mol. The van der Waals surface area contributed by atoms with Crippen molar-refractivity contribution in [3.63, 3.8) is 0 Å². The number of rotatable bonds is 4. The molecule has 15 heavy (non-hydrogen) atoms. The Balaban J connectivity index is 2.95. The summed E-state index contributed by atoms with van der Waals surface area (Å²) in [7, 11) is 0. The van der Waals surface area contributed by atoms with E-state index in [4.69, 9.17) is 11.6 Å². The summed E-state index contributed by atoms with van der Waals surface area (Å²) in [6.45, 7) is 7.13. The lowest BCUT2D eigenvalue weighted by Gasteiger charge is -2.22. The van der Waals surface area contributed by atoms with Gasteiger partial charge in [0.2, 0.25) is 0 Å². The molecule has 0 saturated carbocycles. The molecule has 1 nitrogen and oxygen atoms in total. The van der Waals surface area contributed by atoms with E-state index >= 15 is 0 Å². The van der Waals surface area contributed by atoms with Crippen molar-refractivity contribution in [1.29, 1.82) is 0 Å². The van der Waals surface area contributed by atoms with Gasteiger partial charge in [-0.15, -0.1) is 0 Å². The average Bonchev–Trinajstić information content (AvgIpc) is 2.18. The minimum atomic E-state index is -0.349. The summed E-state index contributed by atoms with van der Waals surface area (Å²) in [5.74, 6) is 0.0724. The summed E-state index contributed by atoms with van der Waals surface area (Å²) >= 11 is 5.65. The standard InChI is InChI=1S/C12H17ClFN/c1-4-15-12(8(2)3)9-5-6-10(13)11(14)7-9/h5-8,12,15H,4H2,1-3H3. The van der Waals surface area contributed by atoms with Crippen molar-refractivity contribution < 1.29 is 4.39 Å². The van der Waals surface area contributed by atoms with E-state index in [0.717, 1.165) is 12.1 Å². The Labute approximate surface area is 95.6 Å². The molecule has 1 atom stereocenters. The van der Waals surface area contributed by atoms with Crippen molar-refractivity contribution in [2.24, 2.45) is 5.92 Å². The normalized spacial score (nSPS) is 13.2. The van der Waals surface area contributed by atoms with E-state index in [1.165, 1.54) is 6.07 Å². The van der Waals surface area contributed by atoms with Crippen LogP contribution in [0.25, 0.3) is 0 Å². The zero-order chi connectivity index (χ0) is 11.4. The fraction of sp³-hybridized carbons (Fsp3) is 0.500. The number of hydrogen-bond acceptors (Lipinski definition) is 1. The molecule has 0 aromatic heterocycles. The first-order valence-electron chi connectivity index (χ1n) is 5.24. The van der Waals surface area contributed by atoms with Crippen LogP contribution in [0.4, 0.5) is 4.39 Å². The summed E-state index contributed by atoms with van der Waals surface area (Å²) < 4.78 is 13.3. The van der Waals surface area contributed by atoms with Gasteiger partial charge in [-0.25, -0.2) is 4.39 Å². The van der Waals surface area contributed by atoms with Crippen molar-refractivity contribution in [2.45, 2.75) is 26.8 Å². The van der Waals surface area contributed by atoms with Gasteiger partial charge in [0, 0.05) is 6.04 Å². The summed E-state index contributed by atoms with van der Waals surface area (Å²) in [6, 6.07) is 5.18. The molecule has 0 amide bonds. The van der Waals surface area contributed by atoms with Crippen molar-refractivity contribution in [1.82, 2.24) is 5.32 Å². The largest absolute Gasteiger partial charge is 0.310 e. The van der Waals surface area contributed by atoms with Crippen molar-refractivity contribution in [3.05, 3.63) is 34.6 Å². The highest BCUT2D eigenvalue weighted by Crippen LogP contribution is 2.25. The maximum absolute atomic E-state index is 13.3. The molecule has 1 unspecified atom stereocenters. The molecule has 3 heteroatoms. The Hall–Kier alpha value is -0.600. The highest BCUT2D eigenvalue weighted by molar-refractivity contribution is 6.30. The van der Waals surface area contributed by atoms with E-state index in [2.05, 4.69) is 19.2 Å². The van der Waals surface area contributed by atoms with Crippen LogP contribution in [-0.2, 0) is 0 Å². The molecule has 0 aliphatic heterocycles. The second kappa shape index (κ2) is 5.47. The van der Waals surface area contributed by atoms with Gasteiger partial charge in [-0.3, -0.25) is 0 Å². The zero-order valence-electron chi connectivity index (χ0n) is 9.35. The minimum Gasteiger partial charge on any atom is -0.310 e. The molecule has 0 bridgehead atoms. The van der Waals surface area contributed by atoms with Crippen LogP contribution < -0.4 is 5.32 Å². The van der Waals surface area contributed by atoms with Crippen LogP contribution in [0.3, 0.4) is 0 Å². The third-order valence-electron chi connectivity index (χ3n) is 2.39. The first-order valence-corrected chi connectivity index (χ1v) is 5.62. The van der Waals surface area contributed by atoms with Crippen LogP contribution in [0.5, 0.6) is 0 Å². The molecule has 0 aliphatic carbocycles. The van der Waals surface area contributed by atoms with Gasteiger partial charge < -0.3 is 5.32 Å². The van der Waals surface area contributed by atoms with Crippen LogP contribution in [0.1, 0.15) is 32.4 Å². The molecule has 0 spiro atoms. The Morgan fingerprint density at radius 3 is 2.53 bits per heavy atom. The molecule has 1 rings (SSSR count). The third kappa shape index (κ3) is 3.18. The first-order chi connectivity index (χ1) is 7.06. The predicted octanol–water partition coefficient (Wildman–Crippen LogP) is 3.79. The van der Waals surface area contributed by atoms with Crippen LogP contribution >= 0.6 is 11.6 Å². The molecule has 1 aromatic rings. The van der Waals surface area contributed by atoms with E-state index in [1.807, 2.05) is 13.0 Å². The van der Waals surface area contributed by atoms with Crippen LogP contribution in [0.2, 0.25) is 5.02 Å². The van der Waals surface area contributed by atoms with Crippen molar-refractivity contribution in [3.8, 4) is 0 Å². The number of halogens is 2. The Bertz CT molecular complexity index is 325. The van der Waals surface area contributed by atoms with Gasteiger partial charge in [-0.2, -0.15) is 0 Å². The maximum atomic E-state index is 13.3. The van der Waals surface area contributed by atoms with Gasteiger partial charge in [0.25, 0.3) is 0 Å². The molecule has 0 radical (unpaired) electrons. The van der Waals surface area contributed by atoms with E-state index in [0.29, 0.717) is 5.92 Å². The summed E-state index contributed by atoms with van der Waals surface area (Å²) in [6.07, 6.45) is 0. The van der Waals surface area contributed by atoms with Crippen LogP contribution in [-0.4, -0.2) is 6.54 Å². The van der Waals surface area contributed by atoms with Gasteiger partial charge in [-0.05, 0) is 30.2 Å². The lowest BCUT2D eigenvalue weighted by atomic mass is 9.96. The van der Waals surface area contributed by atoms with Crippen molar-refractivity contribution in [2.75, 3.05) is 6.54 Å². The topological polar surface area (TPSA) is 12.0 Å². The first kappa shape index (κ1) is 12.5. The number of nitrogens with one attached hydrogen (secondary N) is 1. The summed E-state index contributed by atoms with van der Waals surface area (Å²) in [5, 5.41) is 3.51. The summed E-state index contributed by atoms with van der Waals surface area (Å²) in [5.41, 5.74) is 0.953. The second-order valence-electron chi connectivity index (χ2n) is 3.95.